The van der Waals surface area contributed by atoms with Gasteiger partial charge in [0.05, 0.1) is 5.69 Å². The summed E-state index contributed by atoms with van der Waals surface area (Å²) in [7, 11) is 0. The summed E-state index contributed by atoms with van der Waals surface area (Å²) in [6, 6.07) is 10.0. The summed E-state index contributed by atoms with van der Waals surface area (Å²) in [5.74, 6) is 1.59. The largest absolute Gasteiger partial charge is 0.455 e. The van der Waals surface area contributed by atoms with Gasteiger partial charge in [-0.2, -0.15) is 0 Å². The van der Waals surface area contributed by atoms with Crippen molar-refractivity contribution in [2.45, 2.75) is 20.8 Å². The fourth-order valence-electron chi connectivity index (χ4n) is 1.84. The molecule has 94 valence electrons. The van der Waals surface area contributed by atoms with E-state index in [-0.39, 0.29) is 0 Å². The zero-order valence-corrected chi connectivity index (χ0v) is 12.9. The minimum atomic E-state index is 0.667. The number of anilines is 1. The predicted molar refractivity (Wildman–Crippen MR) is 84.3 cm³/mol. The summed E-state index contributed by atoms with van der Waals surface area (Å²) in [6.45, 7) is 6.22. The van der Waals surface area contributed by atoms with E-state index in [0.29, 0.717) is 11.4 Å². The molecule has 3 heteroatoms. The average Bonchev–Trinajstić information content (AvgIpc) is 2.29. The first-order valence-electron chi connectivity index (χ1n) is 5.78. The number of hydrogen-bond acceptors (Lipinski definition) is 2. The van der Waals surface area contributed by atoms with Crippen molar-refractivity contribution in [3.8, 4) is 11.5 Å². The highest BCUT2D eigenvalue weighted by atomic mass is 127. The van der Waals surface area contributed by atoms with Crippen LogP contribution < -0.4 is 10.5 Å². The van der Waals surface area contributed by atoms with E-state index in [1.807, 2.05) is 24.3 Å². The number of ether oxygens (including phenoxy) is 1. The lowest BCUT2D eigenvalue weighted by Crippen LogP contribution is -1.95. The predicted octanol–water partition coefficient (Wildman–Crippen LogP) is 4.59. The van der Waals surface area contributed by atoms with Gasteiger partial charge in [0, 0.05) is 3.57 Å². The van der Waals surface area contributed by atoms with Crippen molar-refractivity contribution < 1.29 is 4.74 Å². The molecule has 0 amide bonds. The molecule has 0 radical (unpaired) electrons. The van der Waals surface area contributed by atoms with Crippen LogP contribution in [0.2, 0.25) is 0 Å². The SMILES string of the molecule is Cc1cc(C)c(C)c(Oc2ccc(I)cc2N)c1. The highest BCUT2D eigenvalue weighted by Gasteiger charge is 2.07. The van der Waals surface area contributed by atoms with E-state index < -0.39 is 0 Å². The maximum absolute atomic E-state index is 5.97. The number of aryl methyl sites for hydroxylation is 2. The summed E-state index contributed by atoms with van der Waals surface area (Å²) in [6.07, 6.45) is 0. The zero-order valence-electron chi connectivity index (χ0n) is 10.8. The Morgan fingerprint density at radius 3 is 2.39 bits per heavy atom. The second-order valence-electron chi connectivity index (χ2n) is 4.49. The van der Waals surface area contributed by atoms with E-state index in [1.54, 1.807) is 0 Å². The third kappa shape index (κ3) is 2.77. The van der Waals surface area contributed by atoms with Crippen molar-refractivity contribution >= 4 is 28.3 Å². The van der Waals surface area contributed by atoms with Gasteiger partial charge in [-0.1, -0.05) is 6.07 Å². The zero-order chi connectivity index (χ0) is 13.3. The van der Waals surface area contributed by atoms with E-state index in [2.05, 4.69) is 49.4 Å². The summed E-state index contributed by atoms with van der Waals surface area (Å²) in [4.78, 5) is 0. The lowest BCUT2D eigenvalue weighted by molar-refractivity contribution is 0.480. The Morgan fingerprint density at radius 2 is 1.72 bits per heavy atom. The molecule has 0 aliphatic carbocycles. The topological polar surface area (TPSA) is 35.2 Å². The minimum Gasteiger partial charge on any atom is -0.455 e. The van der Waals surface area contributed by atoms with Gasteiger partial charge >= 0.3 is 0 Å². The first kappa shape index (κ1) is 13.2. The van der Waals surface area contributed by atoms with Gasteiger partial charge in [-0.25, -0.2) is 0 Å². The van der Waals surface area contributed by atoms with Crippen LogP contribution in [-0.4, -0.2) is 0 Å². The van der Waals surface area contributed by atoms with Crippen molar-refractivity contribution in [1.29, 1.82) is 0 Å². The molecule has 0 saturated carbocycles. The van der Waals surface area contributed by atoms with Crippen LogP contribution in [0.1, 0.15) is 16.7 Å². The quantitative estimate of drug-likeness (QED) is 0.633. The summed E-state index contributed by atoms with van der Waals surface area (Å²) in [5, 5.41) is 0. The van der Waals surface area contributed by atoms with Crippen LogP contribution in [-0.2, 0) is 0 Å². The Hall–Kier alpha value is -1.23. The van der Waals surface area contributed by atoms with Gasteiger partial charge in [-0.05, 0) is 84.3 Å². The molecule has 0 aromatic heterocycles. The van der Waals surface area contributed by atoms with Gasteiger partial charge < -0.3 is 10.5 Å². The molecule has 2 aromatic rings. The van der Waals surface area contributed by atoms with Crippen molar-refractivity contribution in [2.75, 3.05) is 5.73 Å². The van der Waals surface area contributed by atoms with Crippen molar-refractivity contribution in [1.82, 2.24) is 0 Å². The number of rotatable bonds is 2. The van der Waals surface area contributed by atoms with Crippen LogP contribution in [0.3, 0.4) is 0 Å². The van der Waals surface area contributed by atoms with E-state index in [0.717, 1.165) is 14.9 Å². The molecule has 2 rings (SSSR count). The molecule has 2 N–H and O–H groups in total. The van der Waals surface area contributed by atoms with Crippen LogP contribution in [0.15, 0.2) is 30.3 Å². The molecule has 0 atom stereocenters. The first-order chi connectivity index (χ1) is 8.47. The summed E-state index contributed by atoms with van der Waals surface area (Å²) >= 11 is 2.23. The first-order valence-corrected chi connectivity index (χ1v) is 6.86. The van der Waals surface area contributed by atoms with Crippen molar-refractivity contribution in [2.24, 2.45) is 0 Å². The minimum absolute atomic E-state index is 0.667. The van der Waals surface area contributed by atoms with Crippen LogP contribution in [0.25, 0.3) is 0 Å². The normalized spacial score (nSPS) is 10.4. The van der Waals surface area contributed by atoms with Crippen LogP contribution in [0, 0.1) is 24.3 Å². The molecule has 0 aliphatic rings. The highest BCUT2D eigenvalue weighted by molar-refractivity contribution is 14.1. The molecule has 0 spiro atoms. The Bertz CT molecular complexity index is 593. The van der Waals surface area contributed by atoms with Crippen LogP contribution >= 0.6 is 22.6 Å². The molecule has 0 heterocycles. The Balaban J connectivity index is 2.40. The molecule has 0 unspecified atom stereocenters. The number of hydrogen-bond donors (Lipinski definition) is 1. The molecular weight excluding hydrogens is 337 g/mol. The Morgan fingerprint density at radius 1 is 1.00 bits per heavy atom. The number of nitrogen functional groups attached to an aromatic ring is 1. The molecule has 2 aromatic carbocycles. The molecule has 0 aliphatic heterocycles. The lowest BCUT2D eigenvalue weighted by Gasteiger charge is -2.13. The average molecular weight is 353 g/mol. The number of nitrogens with two attached hydrogens (primary N) is 1. The van der Waals surface area contributed by atoms with Gasteiger partial charge in [0.15, 0.2) is 0 Å². The van der Waals surface area contributed by atoms with E-state index in [9.17, 15) is 0 Å². The summed E-state index contributed by atoms with van der Waals surface area (Å²) < 4.78 is 7.03. The van der Waals surface area contributed by atoms with Crippen molar-refractivity contribution in [3.05, 3.63) is 50.6 Å². The van der Waals surface area contributed by atoms with E-state index in [4.69, 9.17) is 10.5 Å². The van der Waals surface area contributed by atoms with Gasteiger partial charge in [-0.3, -0.25) is 0 Å². The van der Waals surface area contributed by atoms with Crippen molar-refractivity contribution in [3.63, 3.8) is 0 Å². The second-order valence-corrected chi connectivity index (χ2v) is 5.73. The lowest BCUT2D eigenvalue weighted by atomic mass is 10.1. The second kappa shape index (κ2) is 5.18. The van der Waals surface area contributed by atoms with Crippen LogP contribution in [0.5, 0.6) is 11.5 Å². The van der Waals surface area contributed by atoms with Gasteiger partial charge in [0.25, 0.3) is 0 Å². The maximum Gasteiger partial charge on any atom is 0.150 e. The molecule has 18 heavy (non-hydrogen) atoms. The molecule has 2 nitrogen and oxygen atoms in total. The van der Waals surface area contributed by atoms with Crippen LogP contribution in [0.4, 0.5) is 5.69 Å². The van der Waals surface area contributed by atoms with Gasteiger partial charge in [0.2, 0.25) is 0 Å². The number of benzene rings is 2. The third-order valence-electron chi connectivity index (χ3n) is 2.96. The standard InChI is InChI=1S/C15H16INO/c1-9-6-10(2)11(3)15(7-9)18-14-5-4-12(16)8-13(14)17/h4-8H,17H2,1-3H3. The summed E-state index contributed by atoms with van der Waals surface area (Å²) in [5.41, 5.74) is 10.2. The molecule has 0 saturated heterocycles. The smallest absolute Gasteiger partial charge is 0.150 e. The fraction of sp³-hybridized carbons (Fsp3) is 0.200. The third-order valence-corrected chi connectivity index (χ3v) is 3.63. The molecular formula is C15H16INO. The highest BCUT2D eigenvalue weighted by Crippen LogP contribution is 2.32. The van der Waals surface area contributed by atoms with E-state index >= 15 is 0 Å². The Kier molecular flexibility index (Phi) is 3.80. The van der Waals surface area contributed by atoms with Gasteiger partial charge in [0.1, 0.15) is 11.5 Å². The molecule has 0 bridgehead atoms. The monoisotopic (exact) mass is 353 g/mol. The van der Waals surface area contributed by atoms with Gasteiger partial charge in [-0.15, -0.1) is 0 Å². The molecule has 0 fully saturated rings. The Labute approximate surface area is 121 Å². The van der Waals surface area contributed by atoms with E-state index in [1.165, 1.54) is 11.1 Å². The fourth-order valence-corrected chi connectivity index (χ4v) is 2.35. The number of halogens is 1. The maximum atomic E-state index is 5.97.